The largest absolute Gasteiger partial charge is 0.470 e. The molecule has 2 heterocycles. The molecule has 2 aliphatic heterocycles. The van der Waals surface area contributed by atoms with E-state index in [-0.39, 0.29) is 6.23 Å². The van der Waals surface area contributed by atoms with Crippen molar-refractivity contribution in [2.75, 3.05) is 26.2 Å². The van der Waals surface area contributed by atoms with Crippen LogP contribution in [0.5, 0.6) is 5.75 Å². The lowest BCUT2D eigenvalue weighted by Gasteiger charge is -2.38. The number of nitrogens with zero attached hydrogens (tertiary/aromatic N) is 1. The molecule has 4 rings (SSSR count). The number of para-hydroxylation sites is 1. The van der Waals surface area contributed by atoms with Crippen molar-refractivity contribution >= 4 is 0 Å². The molecule has 0 aliphatic carbocycles. The molecule has 1 saturated heterocycles. The van der Waals surface area contributed by atoms with Crippen molar-refractivity contribution < 1.29 is 4.74 Å². The number of fused-ring (bicyclic) bond motifs is 3. The summed E-state index contributed by atoms with van der Waals surface area (Å²) in [6.07, 6.45) is 0.0446. The highest BCUT2D eigenvalue weighted by molar-refractivity contribution is 5.75. The maximum Gasteiger partial charge on any atom is 0.179 e. The lowest BCUT2D eigenvalue weighted by molar-refractivity contribution is 0.0135. The Morgan fingerprint density at radius 2 is 1.60 bits per heavy atom. The van der Waals surface area contributed by atoms with Crippen LogP contribution in [0.3, 0.4) is 0 Å². The topological polar surface area (TPSA) is 24.5 Å². The van der Waals surface area contributed by atoms with Gasteiger partial charge in [0.15, 0.2) is 6.23 Å². The molecule has 3 nitrogen and oxygen atoms in total. The van der Waals surface area contributed by atoms with E-state index in [1.807, 2.05) is 6.07 Å². The van der Waals surface area contributed by atoms with Gasteiger partial charge in [0.25, 0.3) is 0 Å². The normalized spacial score (nSPS) is 21.7. The van der Waals surface area contributed by atoms with Crippen molar-refractivity contribution in [1.29, 1.82) is 0 Å². The number of hydrogen-bond acceptors (Lipinski definition) is 3. The van der Waals surface area contributed by atoms with Gasteiger partial charge in [0.2, 0.25) is 0 Å². The third-order valence-electron chi connectivity index (χ3n) is 4.13. The van der Waals surface area contributed by atoms with Gasteiger partial charge in [-0.2, -0.15) is 0 Å². The van der Waals surface area contributed by atoms with E-state index < -0.39 is 0 Å². The van der Waals surface area contributed by atoms with Crippen molar-refractivity contribution in [2.45, 2.75) is 6.23 Å². The maximum atomic E-state index is 6.30. The van der Waals surface area contributed by atoms with E-state index in [0.717, 1.165) is 31.9 Å². The molecule has 20 heavy (non-hydrogen) atoms. The summed E-state index contributed by atoms with van der Waals surface area (Å²) in [5.74, 6) is 0.995. The number of nitrogens with one attached hydrogen (secondary N) is 1. The molecule has 0 saturated carbocycles. The van der Waals surface area contributed by atoms with Crippen LogP contribution in [-0.2, 0) is 0 Å². The van der Waals surface area contributed by atoms with Crippen LogP contribution in [-0.4, -0.2) is 31.1 Å². The highest BCUT2D eigenvalue weighted by Crippen LogP contribution is 2.43. The first-order chi connectivity index (χ1) is 9.93. The minimum atomic E-state index is 0.0446. The zero-order chi connectivity index (χ0) is 13.4. The van der Waals surface area contributed by atoms with Gasteiger partial charge >= 0.3 is 0 Å². The third-order valence-corrected chi connectivity index (χ3v) is 4.13. The van der Waals surface area contributed by atoms with E-state index >= 15 is 0 Å². The average Bonchev–Trinajstić information content (AvgIpc) is 2.55. The van der Waals surface area contributed by atoms with Crippen molar-refractivity contribution in [3.05, 3.63) is 54.1 Å². The molecule has 1 N–H and O–H groups in total. The minimum Gasteiger partial charge on any atom is -0.470 e. The molecular weight excluding hydrogens is 248 g/mol. The monoisotopic (exact) mass is 266 g/mol. The van der Waals surface area contributed by atoms with Crippen LogP contribution in [0.2, 0.25) is 0 Å². The zero-order valence-electron chi connectivity index (χ0n) is 11.4. The van der Waals surface area contributed by atoms with Crippen LogP contribution in [0, 0.1) is 0 Å². The molecule has 2 aliphatic rings. The quantitative estimate of drug-likeness (QED) is 0.859. The van der Waals surface area contributed by atoms with Gasteiger partial charge in [0, 0.05) is 37.3 Å². The van der Waals surface area contributed by atoms with Crippen molar-refractivity contribution in [3.63, 3.8) is 0 Å². The number of piperazine rings is 1. The van der Waals surface area contributed by atoms with Crippen LogP contribution in [0.25, 0.3) is 11.1 Å². The van der Waals surface area contributed by atoms with Gasteiger partial charge in [-0.15, -0.1) is 0 Å². The molecule has 2 aromatic rings. The van der Waals surface area contributed by atoms with E-state index in [2.05, 4.69) is 52.7 Å². The summed E-state index contributed by atoms with van der Waals surface area (Å²) in [4.78, 5) is 2.42. The summed E-state index contributed by atoms with van der Waals surface area (Å²) in [5.41, 5.74) is 3.79. The summed E-state index contributed by atoms with van der Waals surface area (Å²) >= 11 is 0. The Morgan fingerprint density at radius 1 is 0.900 bits per heavy atom. The fourth-order valence-corrected chi connectivity index (χ4v) is 3.12. The summed E-state index contributed by atoms with van der Waals surface area (Å²) in [6, 6.07) is 16.9. The summed E-state index contributed by atoms with van der Waals surface area (Å²) in [7, 11) is 0. The van der Waals surface area contributed by atoms with Gasteiger partial charge < -0.3 is 10.1 Å². The molecule has 3 heteroatoms. The first kappa shape index (κ1) is 11.9. The molecular formula is C17H18N2O. The van der Waals surface area contributed by atoms with E-state index in [1.54, 1.807) is 0 Å². The summed E-state index contributed by atoms with van der Waals surface area (Å²) in [5, 5.41) is 3.40. The molecule has 1 fully saturated rings. The first-order valence-corrected chi connectivity index (χ1v) is 7.23. The van der Waals surface area contributed by atoms with Gasteiger partial charge in [-0.25, -0.2) is 0 Å². The number of benzene rings is 2. The maximum absolute atomic E-state index is 6.30. The lowest BCUT2D eigenvalue weighted by atomic mass is 9.95. The van der Waals surface area contributed by atoms with E-state index in [4.69, 9.17) is 4.74 Å². The van der Waals surface area contributed by atoms with E-state index in [0.29, 0.717) is 0 Å². The second-order valence-electron chi connectivity index (χ2n) is 5.34. The van der Waals surface area contributed by atoms with Crippen molar-refractivity contribution in [3.8, 4) is 16.9 Å². The summed E-state index contributed by atoms with van der Waals surface area (Å²) in [6.45, 7) is 4.12. The Morgan fingerprint density at radius 3 is 2.45 bits per heavy atom. The summed E-state index contributed by atoms with van der Waals surface area (Å²) < 4.78 is 6.30. The Kier molecular flexibility index (Phi) is 2.94. The number of rotatable bonds is 1. The average molecular weight is 266 g/mol. The molecule has 1 unspecified atom stereocenters. The number of hydrogen-bond donors (Lipinski definition) is 1. The number of ether oxygens (including phenoxy) is 1. The lowest BCUT2D eigenvalue weighted by Crippen LogP contribution is -2.47. The smallest absolute Gasteiger partial charge is 0.179 e. The van der Waals surface area contributed by atoms with Crippen LogP contribution in [0.15, 0.2) is 48.5 Å². The van der Waals surface area contributed by atoms with Crippen LogP contribution < -0.4 is 10.1 Å². The zero-order valence-corrected chi connectivity index (χ0v) is 11.4. The Labute approximate surface area is 119 Å². The molecule has 102 valence electrons. The molecule has 1 atom stereocenters. The fraction of sp³-hybridized carbons (Fsp3) is 0.294. The fourth-order valence-electron chi connectivity index (χ4n) is 3.12. The molecule has 0 aromatic heterocycles. The standard InChI is InChI=1S/C17H18N2O/c1-2-7-15-13(5-1)14-6-3-4-8-16(14)20-17(15)19-11-9-18-10-12-19/h1-8,17-18H,9-12H2. The van der Waals surface area contributed by atoms with Gasteiger partial charge in [0.1, 0.15) is 5.75 Å². The van der Waals surface area contributed by atoms with Crippen LogP contribution in [0.1, 0.15) is 11.8 Å². The van der Waals surface area contributed by atoms with Crippen molar-refractivity contribution in [1.82, 2.24) is 10.2 Å². The molecule has 0 bridgehead atoms. The Balaban J connectivity index is 1.80. The second-order valence-corrected chi connectivity index (χ2v) is 5.34. The molecule has 0 spiro atoms. The second kappa shape index (κ2) is 4.93. The van der Waals surface area contributed by atoms with E-state index in [9.17, 15) is 0 Å². The van der Waals surface area contributed by atoms with Gasteiger partial charge in [-0.05, 0) is 11.6 Å². The predicted molar refractivity (Wildman–Crippen MR) is 79.7 cm³/mol. The molecule has 2 aromatic carbocycles. The van der Waals surface area contributed by atoms with Gasteiger partial charge in [-0.1, -0.05) is 42.5 Å². The predicted octanol–water partition coefficient (Wildman–Crippen LogP) is 2.65. The Hall–Kier alpha value is -1.84. The minimum absolute atomic E-state index is 0.0446. The van der Waals surface area contributed by atoms with Crippen LogP contribution >= 0.6 is 0 Å². The molecule has 0 amide bonds. The SMILES string of the molecule is c1ccc2c(c1)OC(N1CCNCC1)c1ccccc1-2. The highest BCUT2D eigenvalue weighted by Gasteiger charge is 2.30. The Bertz CT molecular complexity index is 620. The van der Waals surface area contributed by atoms with E-state index in [1.165, 1.54) is 16.7 Å². The third kappa shape index (κ3) is 1.90. The van der Waals surface area contributed by atoms with Crippen molar-refractivity contribution in [2.24, 2.45) is 0 Å². The van der Waals surface area contributed by atoms with Crippen LogP contribution in [0.4, 0.5) is 0 Å². The highest BCUT2D eigenvalue weighted by atomic mass is 16.5. The first-order valence-electron chi connectivity index (χ1n) is 7.23. The van der Waals surface area contributed by atoms with Gasteiger partial charge in [-0.3, -0.25) is 4.90 Å². The molecule has 0 radical (unpaired) electrons. The van der Waals surface area contributed by atoms with Gasteiger partial charge in [0.05, 0.1) is 0 Å².